The average molecular weight is 389 g/mol. The topological polar surface area (TPSA) is 51.5 Å². The number of allylic oxidation sites excluding steroid dienone is 1. The van der Waals surface area contributed by atoms with Crippen molar-refractivity contribution in [2.75, 3.05) is 6.54 Å². The largest absolute Gasteiger partial charge is 0.469 e. The van der Waals surface area contributed by atoms with Gasteiger partial charge in [0.15, 0.2) is 0 Å². The van der Waals surface area contributed by atoms with Crippen LogP contribution in [0.1, 0.15) is 81.2 Å². The van der Waals surface area contributed by atoms with Gasteiger partial charge in [0.1, 0.15) is 12.0 Å². The highest BCUT2D eigenvalue weighted by atomic mass is 16.5. The third kappa shape index (κ3) is 9.20. The SMILES string of the molecule is C.CC(C)(C)C1=CCN=C1.CC(C)(C)c1ccco1.CC(C)(C)c1ccon1. The summed E-state index contributed by atoms with van der Waals surface area (Å²) in [5.41, 5.74) is 2.93. The molecule has 0 aliphatic carbocycles. The lowest BCUT2D eigenvalue weighted by Crippen LogP contribution is -2.10. The van der Waals surface area contributed by atoms with Gasteiger partial charge >= 0.3 is 0 Å². The first-order valence-corrected chi connectivity index (χ1v) is 9.47. The Morgan fingerprint density at radius 1 is 0.821 bits per heavy atom. The zero-order valence-corrected chi connectivity index (χ0v) is 18.5. The van der Waals surface area contributed by atoms with Crippen LogP contribution in [0.5, 0.6) is 0 Å². The molecule has 0 aromatic carbocycles. The summed E-state index contributed by atoms with van der Waals surface area (Å²) in [4.78, 5) is 4.11. The second-order valence-electron chi connectivity index (χ2n) is 9.77. The van der Waals surface area contributed by atoms with Gasteiger partial charge in [0, 0.05) is 23.1 Å². The fraction of sp³-hybridized carbons (Fsp3) is 0.583. The molecule has 0 fully saturated rings. The molecule has 3 heterocycles. The first kappa shape index (κ1) is 25.9. The molecule has 0 saturated heterocycles. The van der Waals surface area contributed by atoms with Gasteiger partial charge in [0.05, 0.1) is 18.5 Å². The van der Waals surface area contributed by atoms with Gasteiger partial charge in [-0.05, 0) is 23.1 Å². The zero-order valence-electron chi connectivity index (χ0n) is 18.5. The Labute approximate surface area is 172 Å². The lowest BCUT2D eigenvalue weighted by Gasteiger charge is -2.16. The van der Waals surface area contributed by atoms with Gasteiger partial charge in [-0.3, -0.25) is 4.99 Å². The van der Waals surface area contributed by atoms with Crippen LogP contribution in [0.2, 0.25) is 0 Å². The lowest BCUT2D eigenvalue weighted by molar-refractivity contribution is 0.393. The molecule has 28 heavy (non-hydrogen) atoms. The van der Waals surface area contributed by atoms with E-state index in [1.807, 2.05) is 24.4 Å². The summed E-state index contributed by atoms with van der Waals surface area (Å²) in [7, 11) is 0. The summed E-state index contributed by atoms with van der Waals surface area (Å²) >= 11 is 0. The highest BCUT2D eigenvalue weighted by Gasteiger charge is 2.17. The molecule has 0 amide bonds. The number of hydrogen-bond acceptors (Lipinski definition) is 4. The predicted molar refractivity (Wildman–Crippen MR) is 120 cm³/mol. The Hall–Kier alpha value is -2.10. The Kier molecular flexibility index (Phi) is 9.66. The van der Waals surface area contributed by atoms with E-state index in [2.05, 4.69) is 78.5 Å². The molecule has 0 atom stereocenters. The molecule has 4 nitrogen and oxygen atoms in total. The molecule has 0 N–H and O–H groups in total. The molecule has 3 rings (SSSR count). The monoisotopic (exact) mass is 388 g/mol. The van der Waals surface area contributed by atoms with Crippen LogP contribution in [0, 0.1) is 5.41 Å². The fourth-order valence-electron chi connectivity index (χ4n) is 2.16. The van der Waals surface area contributed by atoms with Gasteiger partial charge in [-0.2, -0.15) is 0 Å². The molecular weight excluding hydrogens is 348 g/mol. The van der Waals surface area contributed by atoms with E-state index >= 15 is 0 Å². The number of nitrogens with zero attached hydrogens (tertiary/aromatic N) is 2. The van der Waals surface area contributed by atoms with Crippen molar-refractivity contribution in [2.45, 2.75) is 80.6 Å². The number of aliphatic imine (C=N–C) groups is 1. The van der Waals surface area contributed by atoms with Gasteiger partial charge in [-0.15, -0.1) is 0 Å². The van der Waals surface area contributed by atoms with Crippen molar-refractivity contribution in [2.24, 2.45) is 10.4 Å². The highest BCUT2D eigenvalue weighted by Crippen LogP contribution is 2.25. The Bertz CT molecular complexity index is 658. The molecule has 0 unspecified atom stereocenters. The van der Waals surface area contributed by atoms with Crippen LogP contribution in [0.4, 0.5) is 0 Å². The second-order valence-corrected chi connectivity index (χ2v) is 9.77. The first-order valence-electron chi connectivity index (χ1n) is 9.47. The number of hydrogen-bond donors (Lipinski definition) is 0. The highest BCUT2D eigenvalue weighted by molar-refractivity contribution is 5.82. The van der Waals surface area contributed by atoms with Crippen LogP contribution >= 0.6 is 0 Å². The van der Waals surface area contributed by atoms with Gasteiger partial charge in [0.2, 0.25) is 0 Å². The molecule has 0 bridgehead atoms. The van der Waals surface area contributed by atoms with Gasteiger partial charge < -0.3 is 8.94 Å². The predicted octanol–water partition coefficient (Wildman–Crippen LogP) is 7.23. The van der Waals surface area contributed by atoms with Crippen molar-refractivity contribution < 1.29 is 8.94 Å². The summed E-state index contributed by atoms with van der Waals surface area (Å²) in [5, 5.41) is 3.81. The molecule has 1 aliphatic heterocycles. The third-order valence-electron chi connectivity index (χ3n) is 3.98. The minimum atomic E-state index is 0. The van der Waals surface area contributed by atoms with Crippen LogP contribution in [0.25, 0.3) is 0 Å². The van der Waals surface area contributed by atoms with Crippen LogP contribution < -0.4 is 0 Å². The number of aromatic nitrogens is 1. The van der Waals surface area contributed by atoms with Crippen molar-refractivity contribution in [3.05, 3.63) is 53.8 Å². The van der Waals surface area contributed by atoms with Gasteiger partial charge in [0.25, 0.3) is 0 Å². The standard InChI is InChI=1S/C8H13N.C8H12O.C7H11NO.CH4/c1-8(2,3)7-4-5-9-6-7;1-8(2,3)7-5-4-6-9-7;1-7(2,3)6-4-5-9-8-6;/h4,6H,5H2,1-3H3;4-6H,1-3H3;4-5H,1-3H3;1H4. The smallest absolute Gasteiger partial charge is 0.124 e. The summed E-state index contributed by atoms with van der Waals surface area (Å²) in [6.07, 6.45) is 7.46. The maximum Gasteiger partial charge on any atom is 0.124 e. The summed E-state index contributed by atoms with van der Waals surface area (Å²) in [5.74, 6) is 1.04. The number of rotatable bonds is 0. The van der Waals surface area contributed by atoms with E-state index in [1.54, 1.807) is 12.5 Å². The molecule has 1 aliphatic rings. The quantitative estimate of drug-likeness (QED) is 0.478. The van der Waals surface area contributed by atoms with Crippen molar-refractivity contribution in [1.82, 2.24) is 5.16 Å². The fourth-order valence-corrected chi connectivity index (χ4v) is 2.16. The Morgan fingerprint density at radius 2 is 1.46 bits per heavy atom. The van der Waals surface area contributed by atoms with Crippen LogP contribution in [0.15, 0.2) is 56.3 Å². The lowest BCUT2D eigenvalue weighted by atomic mass is 9.88. The third-order valence-corrected chi connectivity index (χ3v) is 3.98. The molecule has 4 heteroatoms. The number of furan rings is 1. The maximum absolute atomic E-state index is 5.20. The van der Waals surface area contributed by atoms with Crippen molar-refractivity contribution in [3.8, 4) is 0 Å². The second kappa shape index (κ2) is 10.4. The first-order chi connectivity index (χ1) is 12.3. The molecule has 0 spiro atoms. The van der Waals surface area contributed by atoms with Crippen molar-refractivity contribution in [1.29, 1.82) is 0 Å². The van der Waals surface area contributed by atoms with E-state index in [4.69, 9.17) is 8.94 Å². The van der Waals surface area contributed by atoms with Gasteiger partial charge in [-0.25, -0.2) is 0 Å². The average Bonchev–Trinajstić information content (AvgIpc) is 3.28. The maximum atomic E-state index is 5.20. The van der Waals surface area contributed by atoms with E-state index in [9.17, 15) is 0 Å². The zero-order chi connectivity index (χ0) is 20.7. The van der Waals surface area contributed by atoms with Crippen LogP contribution in [0.3, 0.4) is 0 Å². The Balaban J connectivity index is 0.000000384. The van der Waals surface area contributed by atoms with Crippen molar-refractivity contribution in [3.63, 3.8) is 0 Å². The van der Waals surface area contributed by atoms with Gasteiger partial charge in [-0.1, -0.05) is 81.0 Å². The molecule has 0 radical (unpaired) electrons. The normalized spacial score (nSPS) is 13.5. The van der Waals surface area contributed by atoms with E-state index in [0.717, 1.165) is 18.0 Å². The van der Waals surface area contributed by atoms with E-state index < -0.39 is 0 Å². The van der Waals surface area contributed by atoms with E-state index in [0.29, 0.717) is 5.41 Å². The van der Waals surface area contributed by atoms with Crippen LogP contribution in [-0.2, 0) is 10.8 Å². The molecule has 0 saturated carbocycles. The van der Waals surface area contributed by atoms with Crippen LogP contribution in [-0.4, -0.2) is 17.9 Å². The van der Waals surface area contributed by atoms with E-state index in [-0.39, 0.29) is 18.3 Å². The van der Waals surface area contributed by atoms with Crippen molar-refractivity contribution >= 4 is 6.21 Å². The van der Waals surface area contributed by atoms with E-state index in [1.165, 1.54) is 5.57 Å². The molecule has 2 aromatic rings. The molecule has 158 valence electrons. The summed E-state index contributed by atoms with van der Waals surface area (Å²) in [6.45, 7) is 20.2. The Morgan fingerprint density at radius 3 is 1.68 bits per heavy atom. The summed E-state index contributed by atoms with van der Waals surface area (Å²) < 4.78 is 9.89. The molecule has 2 aromatic heterocycles. The minimum Gasteiger partial charge on any atom is -0.469 e. The summed E-state index contributed by atoms with van der Waals surface area (Å²) in [6, 6.07) is 5.81. The molecular formula is C24H40N2O2. The minimum absolute atomic E-state index is 0.